The molecule has 0 atom stereocenters. The van der Waals surface area contributed by atoms with Crippen LogP contribution in [0.25, 0.3) is 60.5 Å². The van der Waals surface area contributed by atoms with Gasteiger partial charge in [0.15, 0.2) is 0 Å². The summed E-state index contributed by atoms with van der Waals surface area (Å²) in [5.74, 6) is 0. The van der Waals surface area contributed by atoms with Gasteiger partial charge in [-0.1, -0.05) is 183 Å². The largest absolute Gasteiger partial charge is 0.310 e. The molecule has 10 aromatic rings. The van der Waals surface area contributed by atoms with Crippen LogP contribution in [0.2, 0.25) is 0 Å². The molecule has 0 radical (unpaired) electrons. The van der Waals surface area contributed by atoms with Crippen LogP contribution in [0.4, 0.5) is 17.1 Å². The topological polar surface area (TPSA) is 8.17 Å². The highest BCUT2D eigenvalue weighted by Crippen LogP contribution is 2.47. The summed E-state index contributed by atoms with van der Waals surface area (Å²) in [6.07, 6.45) is 6.20. The molecule has 1 heterocycles. The Morgan fingerprint density at radius 1 is 0.383 bits per heavy atom. The van der Waals surface area contributed by atoms with E-state index in [1.165, 1.54) is 104 Å². The van der Waals surface area contributed by atoms with Crippen molar-refractivity contribution in [3.05, 3.63) is 230 Å². The fourth-order valence-electron chi connectivity index (χ4n) is 10.2. The van der Waals surface area contributed by atoms with Crippen molar-refractivity contribution in [3.63, 3.8) is 0 Å². The molecule has 0 bridgehead atoms. The summed E-state index contributed by atoms with van der Waals surface area (Å²) in [6.45, 7) is 0. The third-order valence-corrected chi connectivity index (χ3v) is 13.1. The summed E-state index contributed by atoms with van der Waals surface area (Å²) in [5.41, 5.74) is 14.7. The van der Waals surface area contributed by atoms with E-state index < -0.39 is 0 Å². The van der Waals surface area contributed by atoms with Crippen LogP contribution in [-0.4, -0.2) is 4.57 Å². The molecule has 288 valence electrons. The molecule has 2 nitrogen and oxygen atoms in total. The van der Waals surface area contributed by atoms with Crippen LogP contribution in [-0.2, 0) is 5.41 Å². The zero-order valence-electron chi connectivity index (χ0n) is 33.7. The second-order valence-electron chi connectivity index (χ2n) is 16.4. The number of rotatable bonds is 8. The van der Waals surface area contributed by atoms with Crippen LogP contribution in [0, 0.1) is 0 Å². The van der Waals surface area contributed by atoms with Gasteiger partial charge in [0.1, 0.15) is 0 Å². The van der Waals surface area contributed by atoms with Crippen molar-refractivity contribution in [1.82, 2.24) is 4.57 Å². The maximum absolute atomic E-state index is 2.46. The van der Waals surface area contributed by atoms with E-state index in [4.69, 9.17) is 0 Å². The van der Waals surface area contributed by atoms with E-state index in [1.54, 1.807) is 0 Å². The molecule has 9 aromatic carbocycles. The first kappa shape index (κ1) is 36.0. The first-order valence-corrected chi connectivity index (χ1v) is 21.5. The Kier molecular flexibility index (Phi) is 9.12. The first-order chi connectivity index (χ1) is 29.7. The lowest BCUT2D eigenvalue weighted by Gasteiger charge is -2.39. The van der Waals surface area contributed by atoms with Crippen molar-refractivity contribution in [3.8, 4) is 27.9 Å². The van der Waals surface area contributed by atoms with E-state index in [1.807, 2.05) is 0 Å². The molecule has 11 rings (SSSR count). The summed E-state index contributed by atoms with van der Waals surface area (Å²) >= 11 is 0. The Morgan fingerprint density at radius 2 is 0.950 bits per heavy atom. The molecule has 0 amide bonds. The van der Waals surface area contributed by atoms with Gasteiger partial charge in [-0.05, 0) is 106 Å². The molecular formula is C58H46N2. The molecule has 1 aromatic heterocycles. The molecule has 1 aliphatic carbocycles. The number of nitrogens with zero attached hydrogens (tertiary/aromatic N) is 2. The van der Waals surface area contributed by atoms with Crippen molar-refractivity contribution in [2.75, 3.05) is 4.90 Å². The SMILES string of the molecule is c1ccc(-n2c3ccccc3c3ccc(-c4ccc(N(c5ccc(C6(c7ccccc7)CCCCC6)cc5)c5ccccc5-c5cccc6ccccc56)cc4)cc32)cc1. The summed E-state index contributed by atoms with van der Waals surface area (Å²) in [6, 6.07) is 80.6. The summed E-state index contributed by atoms with van der Waals surface area (Å²) in [7, 11) is 0. The molecule has 1 fully saturated rings. The van der Waals surface area contributed by atoms with Gasteiger partial charge in [0, 0.05) is 38.8 Å². The molecule has 0 aliphatic heterocycles. The van der Waals surface area contributed by atoms with Gasteiger partial charge in [-0.2, -0.15) is 0 Å². The third kappa shape index (κ3) is 6.19. The highest BCUT2D eigenvalue weighted by atomic mass is 15.1. The Balaban J connectivity index is 1.04. The number of hydrogen-bond donors (Lipinski definition) is 0. The number of hydrogen-bond acceptors (Lipinski definition) is 1. The van der Waals surface area contributed by atoms with E-state index in [2.05, 4.69) is 228 Å². The summed E-state index contributed by atoms with van der Waals surface area (Å²) in [5, 5.41) is 5.02. The van der Waals surface area contributed by atoms with Crippen molar-refractivity contribution < 1.29 is 0 Å². The predicted octanol–water partition coefficient (Wildman–Crippen LogP) is 16.0. The van der Waals surface area contributed by atoms with E-state index in [9.17, 15) is 0 Å². The second kappa shape index (κ2) is 15.2. The van der Waals surface area contributed by atoms with Crippen molar-refractivity contribution in [1.29, 1.82) is 0 Å². The molecule has 1 aliphatic rings. The lowest BCUT2D eigenvalue weighted by atomic mass is 9.65. The van der Waals surface area contributed by atoms with Crippen LogP contribution in [0.1, 0.15) is 43.2 Å². The molecule has 2 heteroatoms. The summed E-state index contributed by atoms with van der Waals surface area (Å²) < 4.78 is 2.40. The van der Waals surface area contributed by atoms with Crippen molar-refractivity contribution in [2.45, 2.75) is 37.5 Å². The van der Waals surface area contributed by atoms with Gasteiger partial charge in [-0.25, -0.2) is 0 Å². The smallest absolute Gasteiger partial charge is 0.0547 e. The standard InChI is InChI=1S/C58H46N2/c1-4-19-45(20-5-1)58(39-14-3-15-40-58)46-32-36-49(37-33-46)59(55-27-12-10-24-52(55)51-26-16-18-43-17-8-9-23-50(43)51)48-34-29-42(30-35-48)44-31-38-54-53-25-11-13-28-56(53)60(57(54)41-44)47-21-6-2-7-22-47/h1-2,4-13,16-38,41H,3,14-15,39-40H2. The van der Waals surface area contributed by atoms with E-state index in [0.717, 1.165) is 17.1 Å². The maximum Gasteiger partial charge on any atom is 0.0547 e. The van der Waals surface area contributed by atoms with Crippen LogP contribution in [0.3, 0.4) is 0 Å². The molecule has 0 unspecified atom stereocenters. The van der Waals surface area contributed by atoms with Crippen LogP contribution < -0.4 is 4.90 Å². The minimum Gasteiger partial charge on any atom is -0.310 e. The van der Waals surface area contributed by atoms with Gasteiger partial charge >= 0.3 is 0 Å². The third-order valence-electron chi connectivity index (χ3n) is 13.1. The monoisotopic (exact) mass is 770 g/mol. The number of anilines is 3. The average Bonchev–Trinajstić information content (AvgIpc) is 3.66. The van der Waals surface area contributed by atoms with Gasteiger partial charge in [-0.15, -0.1) is 0 Å². The van der Waals surface area contributed by atoms with Crippen LogP contribution >= 0.6 is 0 Å². The minimum absolute atomic E-state index is 0.0404. The van der Waals surface area contributed by atoms with E-state index in [0.29, 0.717) is 0 Å². The second-order valence-corrected chi connectivity index (χ2v) is 16.4. The number of para-hydroxylation sites is 3. The van der Waals surface area contributed by atoms with Crippen molar-refractivity contribution in [2.24, 2.45) is 0 Å². The zero-order chi connectivity index (χ0) is 39.9. The highest BCUT2D eigenvalue weighted by molar-refractivity contribution is 6.10. The zero-order valence-corrected chi connectivity index (χ0v) is 33.7. The molecule has 0 spiro atoms. The fourth-order valence-corrected chi connectivity index (χ4v) is 10.2. The number of aromatic nitrogens is 1. The van der Waals surface area contributed by atoms with Crippen LogP contribution in [0.5, 0.6) is 0 Å². The van der Waals surface area contributed by atoms with Crippen LogP contribution in [0.15, 0.2) is 218 Å². The number of benzene rings is 9. The molecule has 0 saturated heterocycles. The van der Waals surface area contributed by atoms with E-state index in [-0.39, 0.29) is 5.41 Å². The highest BCUT2D eigenvalue weighted by Gasteiger charge is 2.35. The maximum atomic E-state index is 2.46. The summed E-state index contributed by atoms with van der Waals surface area (Å²) in [4.78, 5) is 2.46. The lowest BCUT2D eigenvalue weighted by Crippen LogP contribution is -2.30. The predicted molar refractivity (Wildman–Crippen MR) is 254 cm³/mol. The van der Waals surface area contributed by atoms with Crippen molar-refractivity contribution >= 4 is 49.6 Å². The fraction of sp³-hybridized carbons (Fsp3) is 0.103. The molecular weight excluding hydrogens is 725 g/mol. The molecule has 0 N–H and O–H groups in total. The lowest BCUT2D eigenvalue weighted by molar-refractivity contribution is 0.346. The Morgan fingerprint density at radius 3 is 1.73 bits per heavy atom. The van der Waals surface area contributed by atoms with Gasteiger partial charge in [0.25, 0.3) is 0 Å². The molecule has 60 heavy (non-hydrogen) atoms. The number of fused-ring (bicyclic) bond motifs is 4. The normalized spacial score (nSPS) is 13.8. The first-order valence-electron chi connectivity index (χ1n) is 21.5. The van der Waals surface area contributed by atoms with Gasteiger partial charge in [-0.3, -0.25) is 0 Å². The Bertz CT molecular complexity index is 3090. The Hall–Kier alpha value is -7.16. The van der Waals surface area contributed by atoms with E-state index >= 15 is 0 Å². The minimum atomic E-state index is 0.0404. The van der Waals surface area contributed by atoms with Gasteiger partial charge < -0.3 is 9.47 Å². The average molecular weight is 771 g/mol. The van der Waals surface area contributed by atoms with Gasteiger partial charge in [0.05, 0.1) is 16.7 Å². The Labute approximate surface area is 352 Å². The molecule has 1 saturated carbocycles. The van der Waals surface area contributed by atoms with Gasteiger partial charge in [0.2, 0.25) is 0 Å². The quantitative estimate of drug-likeness (QED) is 0.149.